The van der Waals surface area contributed by atoms with Crippen LogP contribution in [0.15, 0.2) is 78.9 Å². The van der Waals surface area contributed by atoms with E-state index in [0.29, 0.717) is 28.2 Å². The molecule has 0 aliphatic carbocycles. The standard InChI is InChI=1S/C25H18N2O6/c1-15-13-21(24(29)17-7-9-18(10-8-17)27(32)33)23(16-5-3-2-4-6-16)26(15)19-11-12-20(25(30)31)22(28)14-19/h2-14,28H,1H3,(H,30,31). The number of carboxylic acids is 1. The zero-order valence-electron chi connectivity index (χ0n) is 17.4. The second-order valence-electron chi connectivity index (χ2n) is 7.39. The fraction of sp³-hybridized carbons (Fsp3) is 0.0400. The Labute approximate surface area is 188 Å². The number of benzene rings is 3. The number of phenols is 1. The molecule has 3 aromatic carbocycles. The molecule has 0 spiro atoms. The van der Waals surface area contributed by atoms with E-state index in [0.717, 1.165) is 5.56 Å². The Morgan fingerprint density at radius 3 is 2.15 bits per heavy atom. The average molecular weight is 442 g/mol. The molecule has 0 saturated heterocycles. The minimum absolute atomic E-state index is 0.113. The molecule has 164 valence electrons. The largest absolute Gasteiger partial charge is 0.507 e. The summed E-state index contributed by atoms with van der Waals surface area (Å²) in [5.41, 5.74) is 2.77. The van der Waals surface area contributed by atoms with Gasteiger partial charge in [0.2, 0.25) is 0 Å². The monoisotopic (exact) mass is 442 g/mol. The highest BCUT2D eigenvalue weighted by Gasteiger charge is 2.23. The number of rotatable bonds is 6. The zero-order chi connectivity index (χ0) is 23.7. The van der Waals surface area contributed by atoms with Crippen molar-refractivity contribution in [1.82, 2.24) is 4.57 Å². The number of aromatic hydroxyl groups is 1. The summed E-state index contributed by atoms with van der Waals surface area (Å²) in [5, 5.41) is 30.4. The summed E-state index contributed by atoms with van der Waals surface area (Å²) < 4.78 is 1.76. The van der Waals surface area contributed by atoms with E-state index in [2.05, 4.69) is 0 Å². The van der Waals surface area contributed by atoms with Gasteiger partial charge in [-0.25, -0.2) is 4.79 Å². The number of ketones is 1. The molecule has 0 saturated carbocycles. The van der Waals surface area contributed by atoms with Crippen LogP contribution in [0.5, 0.6) is 5.75 Å². The van der Waals surface area contributed by atoms with Crippen molar-refractivity contribution >= 4 is 17.4 Å². The predicted molar refractivity (Wildman–Crippen MR) is 121 cm³/mol. The van der Waals surface area contributed by atoms with Crippen LogP contribution in [0.3, 0.4) is 0 Å². The Morgan fingerprint density at radius 2 is 1.58 bits per heavy atom. The molecule has 0 unspecified atom stereocenters. The maximum Gasteiger partial charge on any atom is 0.339 e. The smallest absolute Gasteiger partial charge is 0.339 e. The number of carbonyl (C=O) groups is 2. The second-order valence-corrected chi connectivity index (χ2v) is 7.39. The molecule has 4 aromatic rings. The van der Waals surface area contributed by atoms with Gasteiger partial charge in [0.05, 0.1) is 10.6 Å². The topological polar surface area (TPSA) is 123 Å². The van der Waals surface area contributed by atoms with Gasteiger partial charge in [0.1, 0.15) is 11.3 Å². The summed E-state index contributed by atoms with van der Waals surface area (Å²) in [6.45, 7) is 1.79. The van der Waals surface area contributed by atoms with Crippen molar-refractivity contribution in [2.75, 3.05) is 0 Å². The molecule has 0 aliphatic rings. The molecule has 8 nitrogen and oxygen atoms in total. The molecule has 0 bridgehead atoms. The first kappa shape index (κ1) is 21.5. The highest BCUT2D eigenvalue weighted by atomic mass is 16.6. The van der Waals surface area contributed by atoms with Crippen LogP contribution in [-0.2, 0) is 0 Å². The third-order valence-corrected chi connectivity index (χ3v) is 5.29. The van der Waals surface area contributed by atoms with Gasteiger partial charge in [0, 0.05) is 40.7 Å². The van der Waals surface area contributed by atoms with Gasteiger partial charge < -0.3 is 14.8 Å². The quantitative estimate of drug-likeness (QED) is 0.246. The molecule has 8 heteroatoms. The highest BCUT2D eigenvalue weighted by molar-refractivity contribution is 6.13. The summed E-state index contributed by atoms with van der Waals surface area (Å²) in [6, 6.07) is 20.5. The Bertz CT molecular complexity index is 1390. The maximum atomic E-state index is 13.4. The number of nitro groups is 1. The maximum absolute atomic E-state index is 13.4. The van der Waals surface area contributed by atoms with Crippen LogP contribution >= 0.6 is 0 Å². The lowest BCUT2D eigenvalue weighted by atomic mass is 9.99. The van der Waals surface area contributed by atoms with Crippen molar-refractivity contribution in [3.8, 4) is 22.7 Å². The van der Waals surface area contributed by atoms with Crippen LogP contribution in [0.1, 0.15) is 32.0 Å². The Balaban J connectivity index is 1.91. The van der Waals surface area contributed by atoms with Gasteiger partial charge in [-0.05, 0) is 42.8 Å². The first-order chi connectivity index (χ1) is 15.8. The number of nitro benzene ring substituents is 1. The normalized spacial score (nSPS) is 10.7. The number of aryl methyl sites for hydroxylation is 1. The van der Waals surface area contributed by atoms with E-state index in [9.17, 15) is 29.9 Å². The molecule has 4 rings (SSSR count). The molecular weight excluding hydrogens is 424 g/mol. The lowest BCUT2D eigenvalue weighted by Crippen LogP contribution is -2.06. The van der Waals surface area contributed by atoms with Crippen molar-refractivity contribution in [3.05, 3.63) is 111 Å². The van der Waals surface area contributed by atoms with E-state index in [1.165, 1.54) is 36.4 Å². The highest BCUT2D eigenvalue weighted by Crippen LogP contribution is 2.34. The molecule has 0 amide bonds. The molecule has 0 aliphatic heterocycles. The van der Waals surface area contributed by atoms with Crippen LogP contribution in [0.25, 0.3) is 16.9 Å². The number of non-ortho nitro benzene ring substituents is 1. The van der Waals surface area contributed by atoms with Crippen LogP contribution < -0.4 is 0 Å². The number of aromatic carboxylic acids is 1. The van der Waals surface area contributed by atoms with Crippen molar-refractivity contribution < 1.29 is 24.7 Å². The lowest BCUT2D eigenvalue weighted by Gasteiger charge is -2.14. The third-order valence-electron chi connectivity index (χ3n) is 5.29. The van der Waals surface area contributed by atoms with E-state index in [1.807, 2.05) is 30.3 Å². The fourth-order valence-electron chi connectivity index (χ4n) is 3.76. The van der Waals surface area contributed by atoms with Crippen LogP contribution in [0, 0.1) is 17.0 Å². The van der Waals surface area contributed by atoms with Crippen LogP contribution in [0.2, 0.25) is 0 Å². The number of carboxylic acid groups (broad SMARTS) is 1. The van der Waals surface area contributed by atoms with E-state index >= 15 is 0 Å². The van der Waals surface area contributed by atoms with Gasteiger partial charge >= 0.3 is 5.97 Å². The van der Waals surface area contributed by atoms with Gasteiger partial charge in [0.15, 0.2) is 5.78 Å². The summed E-state index contributed by atoms with van der Waals surface area (Å²) >= 11 is 0. The number of carbonyl (C=O) groups excluding carboxylic acids is 1. The Kier molecular flexibility index (Phi) is 5.49. The lowest BCUT2D eigenvalue weighted by molar-refractivity contribution is -0.384. The Hall–Kier alpha value is -4.72. The average Bonchev–Trinajstić information content (AvgIpc) is 3.15. The summed E-state index contributed by atoms with van der Waals surface area (Å²) in [4.78, 5) is 35.1. The van der Waals surface area contributed by atoms with Crippen molar-refractivity contribution in [2.24, 2.45) is 0 Å². The molecule has 2 N–H and O–H groups in total. The number of nitrogens with zero attached hydrogens (tertiary/aromatic N) is 2. The van der Waals surface area contributed by atoms with Crippen LogP contribution in [0.4, 0.5) is 5.69 Å². The summed E-state index contributed by atoms with van der Waals surface area (Å²) in [5.74, 6) is -1.96. The minimum atomic E-state index is -1.25. The van der Waals surface area contributed by atoms with E-state index in [1.54, 1.807) is 23.6 Å². The summed E-state index contributed by atoms with van der Waals surface area (Å²) in [6.07, 6.45) is 0. The second kappa shape index (κ2) is 8.43. The van der Waals surface area contributed by atoms with Crippen molar-refractivity contribution in [3.63, 3.8) is 0 Å². The molecule has 0 fully saturated rings. The molecule has 1 heterocycles. The number of aromatic nitrogens is 1. The number of hydrogen-bond acceptors (Lipinski definition) is 5. The van der Waals surface area contributed by atoms with Gasteiger partial charge in [-0.3, -0.25) is 14.9 Å². The molecule has 0 radical (unpaired) electrons. The first-order valence-corrected chi connectivity index (χ1v) is 9.91. The molecule has 1 aromatic heterocycles. The summed E-state index contributed by atoms with van der Waals surface area (Å²) in [7, 11) is 0. The van der Waals surface area contributed by atoms with E-state index in [-0.39, 0.29) is 17.0 Å². The van der Waals surface area contributed by atoms with Crippen molar-refractivity contribution in [1.29, 1.82) is 0 Å². The third kappa shape index (κ3) is 3.97. The van der Waals surface area contributed by atoms with Gasteiger partial charge in [-0.15, -0.1) is 0 Å². The number of hydrogen-bond donors (Lipinski definition) is 2. The molecular formula is C25H18N2O6. The molecule has 0 atom stereocenters. The first-order valence-electron chi connectivity index (χ1n) is 9.91. The minimum Gasteiger partial charge on any atom is -0.507 e. The van der Waals surface area contributed by atoms with Gasteiger partial charge in [-0.2, -0.15) is 0 Å². The predicted octanol–water partition coefficient (Wildman–Crippen LogP) is 5.00. The van der Waals surface area contributed by atoms with Crippen LogP contribution in [-0.4, -0.2) is 31.5 Å². The van der Waals surface area contributed by atoms with E-state index < -0.39 is 16.6 Å². The SMILES string of the molecule is Cc1cc(C(=O)c2ccc([N+](=O)[O-])cc2)c(-c2ccccc2)n1-c1ccc(C(=O)O)c(O)c1. The molecule has 33 heavy (non-hydrogen) atoms. The zero-order valence-corrected chi connectivity index (χ0v) is 17.4. The Morgan fingerprint density at radius 1 is 0.909 bits per heavy atom. The van der Waals surface area contributed by atoms with Gasteiger partial charge in [0.25, 0.3) is 5.69 Å². The fourth-order valence-corrected chi connectivity index (χ4v) is 3.76. The van der Waals surface area contributed by atoms with E-state index in [4.69, 9.17) is 0 Å². The van der Waals surface area contributed by atoms with Crippen molar-refractivity contribution in [2.45, 2.75) is 6.92 Å². The van der Waals surface area contributed by atoms with Gasteiger partial charge in [-0.1, -0.05) is 30.3 Å².